The molecular weight excluding hydrogens is 230 g/mol. The van der Waals surface area contributed by atoms with E-state index in [0.717, 1.165) is 0 Å². The van der Waals surface area contributed by atoms with Gasteiger partial charge in [-0.2, -0.15) is 5.26 Å². The van der Waals surface area contributed by atoms with Gasteiger partial charge in [0.05, 0.1) is 6.07 Å². The summed E-state index contributed by atoms with van der Waals surface area (Å²) in [6.07, 6.45) is 0.155. The van der Waals surface area contributed by atoms with E-state index in [2.05, 4.69) is 5.32 Å². The van der Waals surface area contributed by atoms with E-state index < -0.39 is 11.9 Å². The van der Waals surface area contributed by atoms with E-state index in [0.29, 0.717) is 5.56 Å². The molecule has 0 aromatic heterocycles. The van der Waals surface area contributed by atoms with Crippen molar-refractivity contribution in [3.05, 3.63) is 35.9 Å². The maximum Gasteiger partial charge on any atom is 0.251 e. The van der Waals surface area contributed by atoms with Crippen molar-refractivity contribution in [2.45, 2.75) is 19.4 Å². The van der Waals surface area contributed by atoms with Crippen molar-refractivity contribution in [2.75, 3.05) is 0 Å². The van der Waals surface area contributed by atoms with Crippen LogP contribution < -0.4 is 11.1 Å². The van der Waals surface area contributed by atoms with E-state index in [1.54, 1.807) is 37.3 Å². The zero-order valence-electron chi connectivity index (χ0n) is 10.1. The van der Waals surface area contributed by atoms with Crippen molar-refractivity contribution in [3.8, 4) is 6.07 Å². The van der Waals surface area contributed by atoms with E-state index in [4.69, 9.17) is 11.0 Å². The number of hydrogen-bond donors (Lipinski definition) is 2. The molecular formula is C13H15N3O2. The van der Waals surface area contributed by atoms with Crippen LogP contribution in [0.25, 0.3) is 0 Å². The zero-order chi connectivity index (χ0) is 13.5. The lowest BCUT2D eigenvalue weighted by Gasteiger charge is -2.20. The highest BCUT2D eigenvalue weighted by atomic mass is 16.2. The predicted octanol–water partition coefficient (Wildman–Crippen LogP) is 0.820. The second-order valence-corrected chi connectivity index (χ2v) is 4.06. The van der Waals surface area contributed by atoms with Crippen molar-refractivity contribution in [2.24, 2.45) is 11.7 Å². The van der Waals surface area contributed by atoms with Crippen molar-refractivity contribution in [1.29, 1.82) is 5.26 Å². The first-order valence-electron chi connectivity index (χ1n) is 5.58. The van der Waals surface area contributed by atoms with Gasteiger partial charge >= 0.3 is 0 Å². The van der Waals surface area contributed by atoms with Gasteiger partial charge in [0.1, 0.15) is 6.04 Å². The van der Waals surface area contributed by atoms with E-state index in [1.165, 1.54) is 0 Å². The number of carbonyl (C=O) groups is 2. The third kappa shape index (κ3) is 3.59. The van der Waals surface area contributed by atoms with Gasteiger partial charge in [0, 0.05) is 12.0 Å². The van der Waals surface area contributed by atoms with Gasteiger partial charge < -0.3 is 11.1 Å². The molecule has 0 fully saturated rings. The molecule has 0 heterocycles. The molecule has 18 heavy (non-hydrogen) atoms. The standard InChI is InChI=1S/C13H15N3O2/c1-9(7-8-14)11(12(15)17)16-13(18)10-5-3-2-4-6-10/h2-6,9,11H,7H2,1H3,(H2,15,17)(H,16,18)/t9-,11-/m0/s1. The van der Waals surface area contributed by atoms with Gasteiger partial charge in [-0.3, -0.25) is 9.59 Å². The van der Waals surface area contributed by atoms with Gasteiger partial charge in [0.25, 0.3) is 5.91 Å². The average Bonchev–Trinajstić information content (AvgIpc) is 2.36. The van der Waals surface area contributed by atoms with Crippen LogP contribution in [0.3, 0.4) is 0 Å². The molecule has 1 aromatic rings. The van der Waals surface area contributed by atoms with Crippen LogP contribution in [0.2, 0.25) is 0 Å². The van der Waals surface area contributed by atoms with Crippen LogP contribution in [0, 0.1) is 17.2 Å². The summed E-state index contributed by atoms with van der Waals surface area (Å²) in [6, 6.07) is 9.65. The lowest BCUT2D eigenvalue weighted by atomic mass is 9.98. The number of nitriles is 1. The molecule has 3 N–H and O–H groups in total. The number of carbonyl (C=O) groups excluding carboxylic acids is 2. The van der Waals surface area contributed by atoms with Gasteiger partial charge in [-0.15, -0.1) is 0 Å². The topological polar surface area (TPSA) is 96.0 Å². The molecule has 1 aromatic carbocycles. The lowest BCUT2D eigenvalue weighted by molar-refractivity contribution is -0.120. The molecule has 5 heteroatoms. The molecule has 0 aliphatic carbocycles. The summed E-state index contributed by atoms with van der Waals surface area (Å²) in [5.74, 6) is -1.33. The highest BCUT2D eigenvalue weighted by molar-refractivity contribution is 5.97. The molecule has 94 valence electrons. The van der Waals surface area contributed by atoms with Crippen molar-refractivity contribution >= 4 is 11.8 Å². The molecule has 0 spiro atoms. The fourth-order valence-electron chi connectivity index (χ4n) is 1.57. The van der Waals surface area contributed by atoms with Gasteiger partial charge in [-0.05, 0) is 18.1 Å². The van der Waals surface area contributed by atoms with Crippen LogP contribution >= 0.6 is 0 Å². The summed E-state index contributed by atoms with van der Waals surface area (Å²) in [6.45, 7) is 1.70. The Labute approximate surface area is 106 Å². The van der Waals surface area contributed by atoms with Gasteiger partial charge in [0.2, 0.25) is 5.91 Å². The number of nitrogens with two attached hydrogens (primary N) is 1. The van der Waals surface area contributed by atoms with Gasteiger partial charge in [-0.25, -0.2) is 0 Å². The third-order valence-corrected chi connectivity index (χ3v) is 2.61. The molecule has 1 rings (SSSR count). The largest absolute Gasteiger partial charge is 0.368 e. The highest BCUT2D eigenvalue weighted by Gasteiger charge is 2.24. The van der Waals surface area contributed by atoms with Crippen LogP contribution in [0.15, 0.2) is 30.3 Å². The lowest BCUT2D eigenvalue weighted by Crippen LogP contribution is -2.48. The van der Waals surface area contributed by atoms with Gasteiger partial charge in [0.15, 0.2) is 0 Å². The quantitative estimate of drug-likeness (QED) is 0.803. The first-order valence-corrected chi connectivity index (χ1v) is 5.58. The zero-order valence-corrected chi connectivity index (χ0v) is 10.1. The van der Waals surface area contributed by atoms with Crippen LogP contribution in [-0.4, -0.2) is 17.9 Å². The second kappa shape index (κ2) is 6.40. The average molecular weight is 245 g/mol. The van der Waals surface area contributed by atoms with E-state index >= 15 is 0 Å². The molecule has 0 aliphatic heterocycles. The maximum atomic E-state index is 11.9. The summed E-state index contributed by atoms with van der Waals surface area (Å²) >= 11 is 0. The number of rotatable bonds is 5. The molecule has 2 amide bonds. The van der Waals surface area contributed by atoms with E-state index in [1.807, 2.05) is 6.07 Å². The summed E-state index contributed by atoms with van der Waals surface area (Å²) in [5.41, 5.74) is 5.68. The Kier molecular flexibility index (Phi) is 4.88. The number of benzene rings is 1. The summed E-state index contributed by atoms with van der Waals surface area (Å²) in [4.78, 5) is 23.1. The summed E-state index contributed by atoms with van der Waals surface area (Å²) in [7, 11) is 0. The Balaban J connectivity index is 2.77. The minimum absolute atomic E-state index is 0.155. The predicted molar refractivity (Wildman–Crippen MR) is 66.3 cm³/mol. The van der Waals surface area contributed by atoms with Crippen LogP contribution in [-0.2, 0) is 4.79 Å². The first kappa shape index (κ1) is 13.7. The third-order valence-electron chi connectivity index (χ3n) is 2.61. The van der Waals surface area contributed by atoms with Crippen LogP contribution in [0.4, 0.5) is 0 Å². The molecule has 0 bridgehead atoms. The molecule has 5 nitrogen and oxygen atoms in total. The number of hydrogen-bond acceptors (Lipinski definition) is 3. The Morgan fingerprint density at radius 2 is 2.00 bits per heavy atom. The normalized spacial score (nSPS) is 13.1. The molecule has 0 aliphatic rings. The Bertz CT molecular complexity index is 465. The smallest absolute Gasteiger partial charge is 0.251 e. The SMILES string of the molecule is C[C@@H](CC#N)[C@H](NC(=O)c1ccccc1)C(N)=O. The van der Waals surface area contributed by atoms with E-state index in [-0.39, 0.29) is 18.2 Å². The minimum atomic E-state index is -0.836. The second-order valence-electron chi connectivity index (χ2n) is 4.06. The van der Waals surface area contributed by atoms with Crippen molar-refractivity contribution in [3.63, 3.8) is 0 Å². The maximum absolute atomic E-state index is 11.9. The molecule has 0 saturated heterocycles. The number of nitrogens with one attached hydrogen (secondary N) is 1. The Morgan fingerprint density at radius 1 is 1.39 bits per heavy atom. The molecule has 0 radical (unpaired) electrons. The molecule has 0 unspecified atom stereocenters. The van der Waals surface area contributed by atoms with Gasteiger partial charge in [-0.1, -0.05) is 25.1 Å². The highest BCUT2D eigenvalue weighted by Crippen LogP contribution is 2.08. The number of nitrogens with zero attached hydrogens (tertiary/aromatic N) is 1. The van der Waals surface area contributed by atoms with Crippen LogP contribution in [0.5, 0.6) is 0 Å². The van der Waals surface area contributed by atoms with E-state index in [9.17, 15) is 9.59 Å². The monoisotopic (exact) mass is 245 g/mol. The van der Waals surface area contributed by atoms with Crippen molar-refractivity contribution < 1.29 is 9.59 Å². The Hall–Kier alpha value is -2.35. The molecule has 2 atom stereocenters. The number of primary amides is 1. The summed E-state index contributed by atoms with van der Waals surface area (Å²) < 4.78 is 0. The van der Waals surface area contributed by atoms with Crippen molar-refractivity contribution in [1.82, 2.24) is 5.32 Å². The minimum Gasteiger partial charge on any atom is -0.368 e. The fourth-order valence-corrected chi connectivity index (χ4v) is 1.57. The fraction of sp³-hybridized carbons (Fsp3) is 0.308. The summed E-state index contributed by atoms with van der Waals surface area (Å²) in [5, 5.41) is 11.2. The Morgan fingerprint density at radius 3 is 2.50 bits per heavy atom. The van der Waals surface area contributed by atoms with Crippen LogP contribution in [0.1, 0.15) is 23.7 Å². The number of amides is 2. The first-order chi connectivity index (χ1) is 8.56. The molecule has 0 saturated carbocycles.